The van der Waals surface area contributed by atoms with Gasteiger partial charge in [-0.05, 0) is 12.5 Å². The fourth-order valence-corrected chi connectivity index (χ4v) is 1.09. The molecule has 0 unspecified atom stereocenters. The molecule has 0 heterocycles. The van der Waals surface area contributed by atoms with E-state index in [4.69, 9.17) is 11.5 Å². The second-order valence-electron chi connectivity index (χ2n) is 2.83. The van der Waals surface area contributed by atoms with E-state index in [-0.39, 0.29) is 11.8 Å². The molecule has 0 saturated carbocycles. The Kier molecular flexibility index (Phi) is 2.55. The highest BCUT2D eigenvalue weighted by Crippen LogP contribution is 2.26. The number of nitrogen functional groups attached to an aromatic ring is 1. The van der Waals surface area contributed by atoms with Crippen LogP contribution in [-0.4, -0.2) is 5.11 Å². The van der Waals surface area contributed by atoms with E-state index in [1.165, 1.54) is 6.07 Å². The highest BCUT2D eigenvalue weighted by molar-refractivity contribution is 5.48. The molecular weight excluding hydrogens is 152 g/mol. The van der Waals surface area contributed by atoms with Gasteiger partial charge in [0.15, 0.2) is 0 Å². The summed E-state index contributed by atoms with van der Waals surface area (Å²) in [5.41, 5.74) is 12.5. The van der Waals surface area contributed by atoms with Gasteiger partial charge in [-0.25, -0.2) is 0 Å². The van der Waals surface area contributed by atoms with Crippen molar-refractivity contribution in [3.05, 3.63) is 23.8 Å². The summed E-state index contributed by atoms with van der Waals surface area (Å²) in [6, 6.07) is 4.92. The van der Waals surface area contributed by atoms with Gasteiger partial charge in [0.25, 0.3) is 0 Å². The highest BCUT2D eigenvalue weighted by Gasteiger charge is 2.07. The van der Waals surface area contributed by atoms with Gasteiger partial charge in [0.05, 0.1) is 0 Å². The van der Waals surface area contributed by atoms with Crippen LogP contribution in [0.1, 0.15) is 24.9 Å². The highest BCUT2D eigenvalue weighted by atomic mass is 16.3. The van der Waals surface area contributed by atoms with E-state index in [2.05, 4.69) is 0 Å². The van der Waals surface area contributed by atoms with E-state index >= 15 is 0 Å². The Hall–Kier alpha value is -1.22. The van der Waals surface area contributed by atoms with Crippen molar-refractivity contribution in [3.63, 3.8) is 0 Å². The van der Waals surface area contributed by atoms with Crippen LogP contribution in [0.2, 0.25) is 0 Å². The number of benzene rings is 1. The van der Waals surface area contributed by atoms with Crippen molar-refractivity contribution in [1.82, 2.24) is 0 Å². The smallest absolute Gasteiger partial charge is 0.122 e. The molecule has 5 N–H and O–H groups in total. The van der Waals surface area contributed by atoms with Crippen molar-refractivity contribution in [1.29, 1.82) is 0 Å². The largest absolute Gasteiger partial charge is 0.508 e. The molecule has 0 aliphatic heterocycles. The van der Waals surface area contributed by atoms with Gasteiger partial charge < -0.3 is 16.6 Å². The zero-order valence-electron chi connectivity index (χ0n) is 7.12. The molecule has 0 saturated heterocycles. The van der Waals surface area contributed by atoms with Crippen LogP contribution in [0.4, 0.5) is 5.69 Å². The lowest BCUT2D eigenvalue weighted by Gasteiger charge is -2.11. The third-order valence-corrected chi connectivity index (χ3v) is 1.89. The van der Waals surface area contributed by atoms with Crippen molar-refractivity contribution >= 4 is 5.69 Å². The minimum absolute atomic E-state index is 0.106. The first-order valence-corrected chi connectivity index (χ1v) is 3.99. The van der Waals surface area contributed by atoms with Crippen LogP contribution in [0.3, 0.4) is 0 Å². The van der Waals surface area contributed by atoms with Crippen molar-refractivity contribution < 1.29 is 5.11 Å². The molecule has 0 aromatic heterocycles. The van der Waals surface area contributed by atoms with Crippen LogP contribution in [0.15, 0.2) is 18.2 Å². The summed E-state index contributed by atoms with van der Waals surface area (Å²) in [6.07, 6.45) is 0.803. The molecule has 3 nitrogen and oxygen atoms in total. The predicted octanol–water partition coefficient (Wildman–Crippen LogP) is 1.38. The number of phenolic OH excluding ortho intramolecular Hbond substituents is 1. The summed E-state index contributed by atoms with van der Waals surface area (Å²) >= 11 is 0. The second-order valence-corrected chi connectivity index (χ2v) is 2.83. The van der Waals surface area contributed by atoms with Crippen LogP contribution in [0, 0.1) is 0 Å². The van der Waals surface area contributed by atoms with Crippen LogP contribution < -0.4 is 11.5 Å². The molecule has 0 amide bonds. The predicted molar refractivity (Wildman–Crippen MR) is 49.7 cm³/mol. The second kappa shape index (κ2) is 3.45. The average Bonchev–Trinajstić information content (AvgIpc) is 2.03. The van der Waals surface area contributed by atoms with Gasteiger partial charge in [0.2, 0.25) is 0 Å². The molecule has 0 aliphatic carbocycles. The molecule has 66 valence electrons. The molecule has 1 atom stereocenters. The zero-order chi connectivity index (χ0) is 9.14. The summed E-state index contributed by atoms with van der Waals surface area (Å²) < 4.78 is 0. The number of rotatable bonds is 2. The first-order chi connectivity index (χ1) is 5.65. The fourth-order valence-electron chi connectivity index (χ4n) is 1.09. The number of hydrogen-bond donors (Lipinski definition) is 3. The van der Waals surface area contributed by atoms with E-state index in [0.717, 1.165) is 12.0 Å². The summed E-state index contributed by atoms with van der Waals surface area (Å²) in [6.45, 7) is 1.97. The van der Waals surface area contributed by atoms with Crippen molar-refractivity contribution in [2.45, 2.75) is 19.4 Å². The lowest BCUT2D eigenvalue weighted by Crippen LogP contribution is -2.08. The monoisotopic (exact) mass is 166 g/mol. The van der Waals surface area contributed by atoms with Crippen LogP contribution >= 0.6 is 0 Å². The number of anilines is 1. The number of hydrogen-bond acceptors (Lipinski definition) is 3. The van der Waals surface area contributed by atoms with Gasteiger partial charge in [-0.3, -0.25) is 0 Å². The van der Waals surface area contributed by atoms with Crippen molar-refractivity contribution in [2.75, 3.05) is 5.73 Å². The summed E-state index contributed by atoms with van der Waals surface area (Å²) in [7, 11) is 0. The maximum Gasteiger partial charge on any atom is 0.122 e. The van der Waals surface area contributed by atoms with E-state index < -0.39 is 0 Å². The molecule has 12 heavy (non-hydrogen) atoms. The fraction of sp³-hybridized carbons (Fsp3) is 0.333. The van der Waals surface area contributed by atoms with Gasteiger partial charge in [0, 0.05) is 23.4 Å². The minimum atomic E-state index is -0.106. The summed E-state index contributed by atoms with van der Waals surface area (Å²) in [5.74, 6) is 0.185. The van der Waals surface area contributed by atoms with E-state index in [0.29, 0.717) is 5.69 Å². The standard InChI is InChI=1S/C9H14N2O/c1-2-8(11)7-4-3-6(10)5-9(7)12/h3-5,8,12H,2,10-11H2,1H3/t8-/m0/s1. The van der Waals surface area contributed by atoms with E-state index in [1.807, 2.05) is 6.92 Å². The zero-order valence-corrected chi connectivity index (χ0v) is 7.12. The van der Waals surface area contributed by atoms with Gasteiger partial charge in [0.1, 0.15) is 5.75 Å². The molecule has 0 fully saturated rings. The molecule has 0 aliphatic rings. The normalized spacial score (nSPS) is 12.8. The van der Waals surface area contributed by atoms with Gasteiger partial charge in [-0.2, -0.15) is 0 Å². The Labute approximate surface area is 72.0 Å². The Morgan fingerprint density at radius 1 is 1.50 bits per heavy atom. The Morgan fingerprint density at radius 3 is 2.67 bits per heavy atom. The quantitative estimate of drug-likeness (QED) is 0.581. The van der Waals surface area contributed by atoms with Crippen molar-refractivity contribution in [3.8, 4) is 5.75 Å². The molecule has 1 aromatic rings. The van der Waals surface area contributed by atoms with Crippen LogP contribution in [0.5, 0.6) is 5.75 Å². The number of nitrogens with two attached hydrogens (primary N) is 2. The topological polar surface area (TPSA) is 72.3 Å². The third-order valence-electron chi connectivity index (χ3n) is 1.89. The SMILES string of the molecule is CC[C@H](N)c1ccc(N)cc1O. The van der Waals surface area contributed by atoms with Crippen LogP contribution in [-0.2, 0) is 0 Å². The van der Waals surface area contributed by atoms with Gasteiger partial charge in [-0.15, -0.1) is 0 Å². The maximum absolute atomic E-state index is 9.43. The lowest BCUT2D eigenvalue weighted by molar-refractivity contribution is 0.460. The molecule has 0 radical (unpaired) electrons. The molecule has 0 spiro atoms. The molecule has 3 heteroatoms. The molecular formula is C9H14N2O. The molecule has 0 bridgehead atoms. The van der Waals surface area contributed by atoms with Crippen LogP contribution in [0.25, 0.3) is 0 Å². The number of aromatic hydroxyl groups is 1. The van der Waals surface area contributed by atoms with E-state index in [9.17, 15) is 5.11 Å². The number of phenols is 1. The minimum Gasteiger partial charge on any atom is -0.508 e. The average molecular weight is 166 g/mol. The Balaban J connectivity index is 3.01. The Bertz CT molecular complexity index is 273. The lowest BCUT2D eigenvalue weighted by atomic mass is 10.0. The van der Waals surface area contributed by atoms with E-state index in [1.54, 1.807) is 12.1 Å². The Morgan fingerprint density at radius 2 is 2.17 bits per heavy atom. The maximum atomic E-state index is 9.43. The molecule has 1 aromatic carbocycles. The van der Waals surface area contributed by atoms with Gasteiger partial charge in [-0.1, -0.05) is 13.0 Å². The molecule has 1 rings (SSSR count). The third kappa shape index (κ3) is 1.68. The first-order valence-electron chi connectivity index (χ1n) is 3.99. The summed E-state index contributed by atoms with van der Waals surface area (Å²) in [5, 5.41) is 9.43. The van der Waals surface area contributed by atoms with Gasteiger partial charge >= 0.3 is 0 Å². The first kappa shape index (κ1) is 8.87. The van der Waals surface area contributed by atoms with Crippen molar-refractivity contribution in [2.24, 2.45) is 5.73 Å². The summed E-state index contributed by atoms with van der Waals surface area (Å²) in [4.78, 5) is 0.